The third-order valence-electron chi connectivity index (χ3n) is 2.61. The number of aromatic nitrogens is 1. The van der Waals surface area contributed by atoms with Gasteiger partial charge in [-0.3, -0.25) is 0 Å². The molecule has 19 heavy (non-hydrogen) atoms. The summed E-state index contributed by atoms with van der Waals surface area (Å²) >= 11 is 0. The first-order valence-electron chi connectivity index (χ1n) is 6.40. The van der Waals surface area contributed by atoms with Gasteiger partial charge in [-0.05, 0) is 30.2 Å². The van der Waals surface area contributed by atoms with Crippen LogP contribution in [0.2, 0.25) is 0 Å². The zero-order chi connectivity index (χ0) is 13.5. The quantitative estimate of drug-likeness (QED) is 0.835. The van der Waals surface area contributed by atoms with Gasteiger partial charge in [-0.15, -0.1) is 0 Å². The highest BCUT2D eigenvalue weighted by Crippen LogP contribution is 2.21. The third-order valence-corrected chi connectivity index (χ3v) is 2.61. The number of aliphatic hydroxyl groups is 1. The Morgan fingerprint density at radius 1 is 1.16 bits per heavy atom. The molecule has 0 saturated heterocycles. The molecule has 2 rings (SSSR count). The van der Waals surface area contributed by atoms with Crippen molar-refractivity contribution in [2.45, 2.75) is 20.0 Å². The maximum absolute atomic E-state index is 8.98. The molecule has 0 fully saturated rings. The van der Waals surface area contributed by atoms with Gasteiger partial charge >= 0.3 is 0 Å². The maximum atomic E-state index is 8.98. The highest BCUT2D eigenvalue weighted by atomic mass is 16.5. The predicted octanol–water partition coefficient (Wildman–Crippen LogP) is 3.19. The Kier molecular flexibility index (Phi) is 4.75. The number of hydrogen-bond acceptors (Lipinski definition) is 4. The van der Waals surface area contributed by atoms with Gasteiger partial charge in [0.1, 0.15) is 11.6 Å². The summed E-state index contributed by atoms with van der Waals surface area (Å²) in [5.41, 5.74) is 0.860. The Labute approximate surface area is 113 Å². The highest BCUT2D eigenvalue weighted by molar-refractivity contribution is 5.38. The van der Waals surface area contributed by atoms with Crippen LogP contribution in [0.25, 0.3) is 0 Å². The average molecular weight is 258 g/mol. The number of anilines is 1. The van der Waals surface area contributed by atoms with Gasteiger partial charge in [0.25, 0.3) is 0 Å². The van der Waals surface area contributed by atoms with Crippen LogP contribution in [0.5, 0.6) is 11.6 Å². The number of ether oxygens (including phenoxy) is 1. The zero-order valence-electron chi connectivity index (χ0n) is 11.0. The van der Waals surface area contributed by atoms with E-state index < -0.39 is 0 Å². The molecule has 0 aliphatic heterocycles. The highest BCUT2D eigenvalue weighted by Gasteiger charge is 2.00. The summed E-state index contributed by atoms with van der Waals surface area (Å²) in [6, 6.07) is 12.9. The fourth-order valence-corrected chi connectivity index (χ4v) is 1.61. The van der Waals surface area contributed by atoms with Crippen LogP contribution in [0.4, 0.5) is 5.82 Å². The van der Waals surface area contributed by atoms with Crippen LogP contribution in [0.3, 0.4) is 0 Å². The van der Waals surface area contributed by atoms with Crippen molar-refractivity contribution in [2.24, 2.45) is 0 Å². The van der Waals surface area contributed by atoms with Crippen LogP contribution in [0, 0.1) is 0 Å². The summed E-state index contributed by atoms with van der Waals surface area (Å²) in [5, 5.41) is 12.2. The molecule has 100 valence electrons. The summed E-state index contributed by atoms with van der Waals surface area (Å²) < 4.78 is 5.67. The van der Waals surface area contributed by atoms with E-state index in [-0.39, 0.29) is 6.61 Å². The van der Waals surface area contributed by atoms with Gasteiger partial charge in [-0.1, -0.05) is 25.1 Å². The Bertz CT molecular complexity index is 512. The first kappa shape index (κ1) is 13.4. The third kappa shape index (κ3) is 3.96. The standard InChI is InChI=1S/C15H18N2O2/c1-2-10-16-14-4-3-5-15(17-14)19-13-8-6-12(11-18)7-9-13/h3-9,18H,2,10-11H2,1H3,(H,16,17). The minimum atomic E-state index is 0.0367. The average Bonchev–Trinajstić information content (AvgIpc) is 2.46. The van der Waals surface area contributed by atoms with Gasteiger partial charge in [0.05, 0.1) is 6.61 Å². The van der Waals surface area contributed by atoms with Crippen molar-refractivity contribution in [1.82, 2.24) is 4.98 Å². The van der Waals surface area contributed by atoms with E-state index in [0.29, 0.717) is 11.6 Å². The molecule has 0 atom stereocenters. The SMILES string of the molecule is CCCNc1cccc(Oc2ccc(CO)cc2)n1. The van der Waals surface area contributed by atoms with E-state index in [0.717, 1.165) is 24.3 Å². The molecular formula is C15H18N2O2. The van der Waals surface area contributed by atoms with E-state index in [4.69, 9.17) is 9.84 Å². The van der Waals surface area contributed by atoms with Crippen LogP contribution in [0.1, 0.15) is 18.9 Å². The second-order valence-corrected chi connectivity index (χ2v) is 4.19. The van der Waals surface area contributed by atoms with Gasteiger partial charge < -0.3 is 15.2 Å². The van der Waals surface area contributed by atoms with Gasteiger partial charge in [0.15, 0.2) is 0 Å². The minimum Gasteiger partial charge on any atom is -0.439 e. The molecular weight excluding hydrogens is 240 g/mol. The Morgan fingerprint density at radius 3 is 2.63 bits per heavy atom. The van der Waals surface area contributed by atoms with Gasteiger partial charge in [-0.2, -0.15) is 4.98 Å². The van der Waals surface area contributed by atoms with Crippen molar-refractivity contribution < 1.29 is 9.84 Å². The van der Waals surface area contributed by atoms with E-state index in [2.05, 4.69) is 17.2 Å². The van der Waals surface area contributed by atoms with Crippen LogP contribution >= 0.6 is 0 Å². The Balaban J connectivity index is 2.05. The van der Waals surface area contributed by atoms with Crippen LogP contribution < -0.4 is 10.1 Å². The normalized spacial score (nSPS) is 10.2. The molecule has 0 unspecified atom stereocenters. The largest absolute Gasteiger partial charge is 0.439 e. The lowest BCUT2D eigenvalue weighted by Gasteiger charge is -2.08. The lowest BCUT2D eigenvalue weighted by Crippen LogP contribution is -2.02. The van der Waals surface area contributed by atoms with E-state index in [1.807, 2.05) is 42.5 Å². The molecule has 0 saturated carbocycles. The first-order chi connectivity index (χ1) is 9.31. The topological polar surface area (TPSA) is 54.4 Å². The van der Waals surface area contributed by atoms with Gasteiger partial charge in [-0.25, -0.2) is 0 Å². The Morgan fingerprint density at radius 2 is 1.95 bits per heavy atom. The van der Waals surface area contributed by atoms with Gasteiger partial charge in [0, 0.05) is 12.6 Å². The zero-order valence-corrected chi connectivity index (χ0v) is 11.0. The molecule has 0 amide bonds. The number of nitrogens with zero attached hydrogens (tertiary/aromatic N) is 1. The van der Waals surface area contributed by atoms with Crippen LogP contribution in [-0.2, 0) is 6.61 Å². The monoisotopic (exact) mass is 258 g/mol. The van der Waals surface area contributed by atoms with Crippen molar-refractivity contribution in [2.75, 3.05) is 11.9 Å². The van der Waals surface area contributed by atoms with Crippen LogP contribution in [-0.4, -0.2) is 16.6 Å². The predicted molar refractivity (Wildman–Crippen MR) is 75.5 cm³/mol. The summed E-state index contributed by atoms with van der Waals surface area (Å²) in [4.78, 5) is 4.37. The fourth-order valence-electron chi connectivity index (χ4n) is 1.61. The maximum Gasteiger partial charge on any atom is 0.221 e. The summed E-state index contributed by atoms with van der Waals surface area (Å²) in [6.07, 6.45) is 1.05. The molecule has 1 aromatic carbocycles. The smallest absolute Gasteiger partial charge is 0.221 e. The number of benzene rings is 1. The molecule has 0 aliphatic rings. The number of rotatable bonds is 6. The lowest BCUT2D eigenvalue weighted by atomic mass is 10.2. The molecule has 0 bridgehead atoms. The first-order valence-corrected chi connectivity index (χ1v) is 6.40. The Hall–Kier alpha value is -2.07. The number of pyridine rings is 1. The molecule has 2 aromatic rings. The van der Waals surface area contributed by atoms with Crippen LogP contribution in [0.15, 0.2) is 42.5 Å². The summed E-state index contributed by atoms with van der Waals surface area (Å²) in [6.45, 7) is 3.03. The molecule has 1 aromatic heterocycles. The molecule has 0 radical (unpaired) electrons. The second kappa shape index (κ2) is 6.75. The molecule has 4 heteroatoms. The lowest BCUT2D eigenvalue weighted by molar-refractivity contribution is 0.281. The number of hydrogen-bond donors (Lipinski definition) is 2. The van der Waals surface area contributed by atoms with Crippen molar-refractivity contribution in [3.63, 3.8) is 0 Å². The van der Waals surface area contributed by atoms with Crippen molar-refractivity contribution >= 4 is 5.82 Å². The van der Waals surface area contributed by atoms with Crippen molar-refractivity contribution in [3.8, 4) is 11.6 Å². The van der Waals surface area contributed by atoms with E-state index in [9.17, 15) is 0 Å². The van der Waals surface area contributed by atoms with Gasteiger partial charge in [0.2, 0.25) is 5.88 Å². The molecule has 0 spiro atoms. The van der Waals surface area contributed by atoms with E-state index >= 15 is 0 Å². The summed E-state index contributed by atoms with van der Waals surface area (Å²) in [5.74, 6) is 2.07. The number of nitrogens with one attached hydrogen (secondary N) is 1. The molecule has 2 N–H and O–H groups in total. The molecule has 4 nitrogen and oxygen atoms in total. The molecule has 1 heterocycles. The van der Waals surface area contributed by atoms with E-state index in [1.165, 1.54) is 0 Å². The minimum absolute atomic E-state index is 0.0367. The second-order valence-electron chi connectivity index (χ2n) is 4.19. The van der Waals surface area contributed by atoms with Crippen molar-refractivity contribution in [3.05, 3.63) is 48.0 Å². The van der Waals surface area contributed by atoms with Crippen molar-refractivity contribution in [1.29, 1.82) is 0 Å². The van der Waals surface area contributed by atoms with E-state index in [1.54, 1.807) is 0 Å². The summed E-state index contributed by atoms with van der Waals surface area (Å²) in [7, 11) is 0. The fraction of sp³-hybridized carbons (Fsp3) is 0.267. The molecule has 0 aliphatic carbocycles. The number of aliphatic hydroxyl groups excluding tert-OH is 1.